The van der Waals surface area contributed by atoms with Crippen LogP contribution in [0.15, 0.2) is 84.0 Å². The number of hydrogen-bond acceptors (Lipinski definition) is 4. The highest BCUT2D eigenvalue weighted by Gasteiger charge is 2.13. The van der Waals surface area contributed by atoms with Crippen molar-refractivity contribution in [1.82, 2.24) is 9.55 Å². The first-order valence-electron chi connectivity index (χ1n) is 10.1. The fourth-order valence-corrected chi connectivity index (χ4v) is 4.23. The van der Waals surface area contributed by atoms with Gasteiger partial charge in [0.2, 0.25) is 5.91 Å². The molecule has 0 atom stereocenters. The zero-order valence-electron chi connectivity index (χ0n) is 17.0. The van der Waals surface area contributed by atoms with Crippen molar-refractivity contribution in [2.75, 3.05) is 11.1 Å². The number of benzene rings is 3. The van der Waals surface area contributed by atoms with Crippen molar-refractivity contribution in [3.05, 3.63) is 90.0 Å². The van der Waals surface area contributed by atoms with Crippen LogP contribution in [0.25, 0.3) is 11.0 Å². The predicted molar refractivity (Wildman–Crippen MR) is 125 cm³/mol. The molecular formula is C25H22N4OS. The van der Waals surface area contributed by atoms with Gasteiger partial charge in [-0.15, -0.1) is 0 Å². The minimum atomic E-state index is -0.0836. The van der Waals surface area contributed by atoms with Crippen LogP contribution >= 0.6 is 11.8 Å². The molecule has 1 aromatic heterocycles. The van der Waals surface area contributed by atoms with Crippen LogP contribution in [0.2, 0.25) is 0 Å². The summed E-state index contributed by atoms with van der Waals surface area (Å²) in [5.74, 6) is 0.189. The number of nitrogens with one attached hydrogen (secondary N) is 1. The molecule has 1 amide bonds. The predicted octanol–water partition coefficient (Wildman–Crippen LogP) is 5.08. The maximum atomic E-state index is 12.5. The van der Waals surface area contributed by atoms with E-state index in [0.29, 0.717) is 6.42 Å². The van der Waals surface area contributed by atoms with Gasteiger partial charge in [-0.1, -0.05) is 66.4 Å². The van der Waals surface area contributed by atoms with Crippen molar-refractivity contribution >= 4 is 34.4 Å². The largest absolute Gasteiger partial charge is 0.325 e. The fraction of sp³-hybridized carbons (Fsp3) is 0.160. The Balaban J connectivity index is 1.43. The standard InChI is InChI=1S/C25H22N4OS/c26-16-14-20-10-12-21(13-11-20)27-24(30)18-31-25-28-22-8-4-5-9-23(22)29(25)17-15-19-6-2-1-3-7-19/h1-13H,14-15,17-18H2,(H,27,30). The van der Waals surface area contributed by atoms with Gasteiger partial charge in [-0.3, -0.25) is 4.79 Å². The number of nitrogens with zero attached hydrogens (tertiary/aromatic N) is 3. The van der Waals surface area contributed by atoms with Crippen LogP contribution in [-0.2, 0) is 24.2 Å². The van der Waals surface area contributed by atoms with E-state index < -0.39 is 0 Å². The molecule has 31 heavy (non-hydrogen) atoms. The molecule has 3 aromatic carbocycles. The van der Waals surface area contributed by atoms with E-state index in [1.165, 1.54) is 17.3 Å². The van der Waals surface area contributed by atoms with Crippen molar-refractivity contribution in [3.63, 3.8) is 0 Å². The SMILES string of the molecule is N#CCc1ccc(NC(=O)CSc2nc3ccccc3n2CCc2ccccc2)cc1. The summed E-state index contributed by atoms with van der Waals surface area (Å²) in [5, 5.41) is 12.5. The van der Waals surface area contributed by atoms with Gasteiger partial charge in [0.05, 0.1) is 29.3 Å². The summed E-state index contributed by atoms with van der Waals surface area (Å²) in [7, 11) is 0. The van der Waals surface area contributed by atoms with Gasteiger partial charge in [0.15, 0.2) is 5.16 Å². The van der Waals surface area contributed by atoms with Gasteiger partial charge in [0.1, 0.15) is 0 Å². The third-order valence-electron chi connectivity index (χ3n) is 4.94. The van der Waals surface area contributed by atoms with Gasteiger partial charge in [0, 0.05) is 12.2 Å². The smallest absolute Gasteiger partial charge is 0.234 e. The summed E-state index contributed by atoms with van der Waals surface area (Å²) in [6, 6.07) is 27.9. The number of aromatic nitrogens is 2. The Hall–Kier alpha value is -3.56. The highest BCUT2D eigenvalue weighted by molar-refractivity contribution is 7.99. The number of nitriles is 1. The zero-order chi connectivity index (χ0) is 21.5. The van der Waals surface area contributed by atoms with Crippen LogP contribution in [0.3, 0.4) is 0 Å². The van der Waals surface area contributed by atoms with Crippen molar-refractivity contribution in [2.24, 2.45) is 0 Å². The lowest BCUT2D eigenvalue weighted by atomic mass is 10.1. The first-order chi connectivity index (χ1) is 15.2. The van der Waals surface area contributed by atoms with Crippen molar-refractivity contribution in [2.45, 2.75) is 24.5 Å². The minimum Gasteiger partial charge on any atom is -0.325 e. The van der Waals surface area contributed by atoms with Crippen molar-refractivity contribution < 1.29 is 4.79 Å². The summed E-state index contributed by atoms with van der Waals surface area (Å²) in [6.07, 6.45) is 1.26. The van der Waals surface area contributed by atoms with E-state index in [2.05, 4.69) is 34.2 Å². The molecule has 0 aliphatic heterocycles. The molecule has 0 spiro atoms. The number of rotatable bonds is 8. The molecule has 154 valence electrons. The quantitative estimate of drug-likeness (QED) is 0.399. The number of carbonyl (C=O) groups excluding carboxylic acids is 1. The second-order valence-electron chi connectivity index (χ2n) is 7.14. The molecular weight excluding hydrogens is 404 g/mol. The minimum absolute atomic E-state index is 0.0836. The number of amides is 1. The molecule has 0 bridgehead atoms. The van der Waals surface area contributed by atoms with Gasteiger partial charge in [-0.25, -0.2) is 4.98 Å². The number of imidazole rings is 1. The normalized spacial score (nSPS) is 10.7. The summed E-state index contributed by atoms with van der Waals surface area (Å²) in [6.45, 7) is 0.800. The molecule has 0 aliphatic rings. The van der Waals surface area contributed by atoms with Gasteiger partial charge in [-0.05, 0) is 41.8 Å². The Morgan fingerprint density at radius 3 is 2.48 bits per heavy atom. The second-order valence-corrected chi connectivity index (χ2v) is 8.08. The molecule has 0 radical (unpaired) electrons. The summed E-state index contributed by atoms with van der Waals surface area (Å²) in [4.78, 5) is 17.2. The van der Waals surface area contributed by atoms with E-state index in [-0.39, 0.29) is 11.7 Å². The highest BCUT2D eigenvalue weighted by Crippen LogP contribution is 2.25. The lowest BCUT2D eigenvalue weighted by Crippen LogP contribution is -2.14. The highest BCUT2D eigenvalue weighted by atomic mass is 32.2. The second kappa shape index (κ2) is 9.96. The topological polar surface area (TPSA) is 70.7 Å². The molecule has 1 N–H and O–H groups in total. The lowest BCUT2D eigenvalue weighted by molar-refractivity contribution is -0.113. The molecule has 0 saturated carbocycles. The van der Waals surface area contributed by atoms with Gasteiger partial charge in [0.25, 0.3) is 0 Å². The van der Waals surface area contributed by atoms with Crippen LogP contribution in [0, 0.1) is 11.3 Å². The number of para-hydroxylation sites is 2. The first-order valence-corrected chi connectivity index (χ1v) is 11.1. The zero-order valence-corrected chi connectivity index (χ0v) is 17.8. The average Bonchev–Trinajstić information content (AvgIpc) is 3.16. The Kier molecular flexibility index (Phi) is 6.65. The third kappa shape index (κ3) is 5.33. The van der Waals surface area contributed by atoms with E-state index in [9.17, 15) is 4.79 Å². The van der Waals surface area contributed by atoms with Crippen LogP contribution in [-0.4, -0.2) is 21.2 Å². The molecule has 6 heteroatoms. The Labute approximate surface area is 185 Å². The Morgan fingerprint density at radius 1 is 0.968 bits per heavy atom. The molecule has 5 nitrogen and oxygen atoms in total. The number of thioether (sulfide) groups is 1. The molecule has 0 fully saturated rings. The van der Waals surface area contributed by atoms with Crippen LogP contribution in [0.4, 0.5) is 5.69 Å². The fourth-order valence-electron chi connectivity index (χ4n) is 3.39. The molecule has 4 rings (SSSR count). The van der Waals surface area contributed by atoms with E-state index >= 15 is 0 Å². The first kappa shape index (κ1) is 20.7. The van der Waals surface area contributed by atoms with Crippen molar-refractivity contribution in [1.29, 1.82) is 5.26 Å². The number of anilines is 1. The molecule has 4 aromatic rings. The molecule has 1 heterocycles. The van der Waals surface area contributed by atoms with Gasteiger partial charge >= 0.3 is 0 Å². The van der Waals surface area contributed by atoms with Gasteiger partial charge < -0.3 is 9.88 Å². The summed E-state index contributed by atoms with van der Waals surface area (Å²) in [5.41, 5.74) is 4.95. The number of hydrogen-bond donors (Lipinski definition) is 1. The number of aryl methyl sites for hydroxylation is 2. The maximum Gasteiger partial charge on any atom is 0.234 e. The van der Waals surface area contributed by atoms with Crippen LogP contribution in [0.5, 0.6) is 0 Å². The van der Waals surface area contributed by atoms with E-state index in [1.807, 2.05) is 60.7 Å². The van der Waals surface area contributed by atoms with Crippen LogP contribution in [0.1, 0.15) is 11.1 Å². The van der Waals surface area contributed by atoms with E-state index in [0.717, 1.165) is 40.4 Å². The average molecular weight is 427 g/mol. The van der Waals surface area contributed by atoms with E-state index in [1.54, 1.807) is 0 Å². The van der Waals surface area contributed by atoms with Gasteiger partial charge in [-0.2, -0.15) is 5.26 Å². The van der Waals surface area contributed by atoms with Crippen molar-refractivity contribution in [3.8, 4) is 6.07 Å². The monoisotopic (exact) mass is 426 g/mol. The lowest BCUT2D eigenvalue weighted by Gasteiger charge is -2.10. The Morgan fingerprint density at radius 2 is 1.71 bits per heavy atom. The molecule has 0 unspecified atom stereocenters. The van der Waals surface area contributed by atoms with Crippen LogP contribution < -0.4 is 5.32 Å². The Bertz CT molecular complexity index is 1210. The number of carbonyl (C=O) groups is 1. The maximum absolute atomic E-state index is 12.5. The third-order valence-corrected chi connectivity index (χ3v) is 5.92. The van der Waals surface area contributed by atoms with E-state index in [4.69, 9.17) is 10.2 Å². The molecule has 0 aliphatic carbocycles. The molecule has 0 saturated heterocycles. The number of fused-ring (bicyclic) bond motifs is 1. The summed E-state index contributed by atoms with van der Waals surface area (Å²) < 4.78 is 2.19. The summed E-state index contributed by atoms with van der Waals surface area (Å²) >= 11 is 1.44.